The maximum atomic E-state index is 12.4. The third-order valence-electron chi connectivity index (χ3n) is 4.88. The lowest BCUT2D eigenvalue weighted by molar-refractivity contribution is -0.131. The van der Waals surface area contributed by atoms with E-state index in [1.54, 1.807) is 7.11 Å². The van der Waals surface area contributed by atoms with Crippen LogP contribution in [0.3, 0.4) is 0 Å². The molecule has 2 rings (SSSR count). The molecule has 19 heavy (non-hydrogen) atoms. The summed E-state index contributed by atoms with van der Waals surface area (Å²) in [5.41, 5.74) is -0.0476. The predicted molar refractivity (Wildman–Crippen MR) is 76.0 cm³/mol. The standard InChI is InChI=1S/C15H28N2O2/c1-14(6-5-9-16-10-14)13(18)17-11-15(12-19-2)7-3-4-8-15/h16H,3-12H2,1-2H3,(H,17,18). The third kappa shape index (κ3) is 3.48. The van der Waals surface area contributed by atoms with Crippen LogP contribution in [0.1, 0.15) is 45.4 Å². The summed E-state index contributed by atoms with van der Waals surface area (Å²) in [7, 11) is 1.76. The smallest absolute Gasteiger partial charge is 0.227 e. The van der Waals surface area contributed by atoms with Crippen molar-refractivity contribution in [2.75, 3.05) is 33.4 Å². The van der Waals surface area contributed by atoms with Crippen LogP contribution in [0.4, 0.5) is 0 Å². The molecule has 0 radical (unpaired) electrons. The molecule has 1 aliphatic carbocycles. The van der Waals surface area contributed by atoms with E-state index >= 15 is 0 Å². The molecule has 0 spiro atoms. The number of carbonyl (C=O) groups is 1. The van der Waals surface area contributed by atoms with E-state index in [0.29, 0.717) is 0 Å². The number of nitrogens with one attached hydrogen (secondary N) is 2. The minimum atomic E-state index is -0.231. The number of carbonyl (C=O) groups excluding carboxylic acids is 1. The van der Waals surface area contributed by atoms with Gasteiger partial charge in [0.25, 0.3) is 0 Å². The van der Waals surface area contributed by atoms with Crippen molar-refractivity contribution in [3.63, 3.8) is 0 Å². The fourth-order valence-electron chi connectivity index (χ4n) is 3.53. The Balaban J connectivity index is 1.88. The van der Waals surface area contributed by atoms with E-state index in [1.807, 2.05) is 0 Å². The number of rotatable bonds is 5. The highest BCUT2D eigenvalue weighted by Gasteiger charge is 2.38. The summed E-state index contributed by atoms with van der Waals surface area (Å²) in [5.74, 6) is 0.210. The van der Waals surface area contributed by atoms with Crippen molar-refractivity contribution in [2.45, 2.75) is 45.4 Å². The number of ether oxygens (including phenoxy) is 1. The van der Waals surface area contributed by atoms with E-state index in [1.165, 1.54) is 25.7 Å². The van der Waals surface area contributed by atoms with Crippen LogP contribution in [0.15, 0.2) is 0 Å². The van der Waals surface area contributed by atoms with E-state index in [-0.39, 0.29) is 16.7 Å². The highest BCUT2D eigenvalue weighted by atomic mass is 16.5. The zero-order valence-electron chi connectivity index (χ0n) is 12.4. The number of methoxy groups -OCH3 is 1. The molecule has 1 saturated carbocycles. The van der Waals surface area contributed by atoms with Crippen LogP contribution in [0.25, 0.3) is 0 Å². The Hall–Kier alpha value is -0.610. The summed E-state index contributed by atoms with van der Waals surface area (Å²) in [5, 5.41) is 6.53. The van der Waals surface area contributed by atoms with Gasteiger partial charge in [-0.1, -0.05) is 12.8 Å². The first-order valence-corrected chi connectivity index (χ1v) is 7.58. The molecule has 1 aliphatic heterocycles. The Morgan fingerprint density at radius 1 is 1.26 bits per heavy atom. The first kappa shape index (κ1) is 14.8. The van der Waals surface area contributed by atoms with Gasteiger partial charge in [0, 0.05) is 25.6 Å². The fraction of sp³-hybridized carbons (Fsp3) is 0.933. The molecule has 0 aromatic heterocycles. The molecule has 1 heterocycles. The lowest BCUT2D eigenvalue weighted by atomic mass is 9.81. The van der Waals surface area contributed by atoms with Gasteiger partial charge in [-0.05, 0) is 39.2 Å². The molecule has 2 aliphatic rings. The van der Waals surface area contributed by atoms with Crippen LogP contribution >= 0.6 is 0 Å². The molecule has 1 amide bonds. The molecule has 1 unspecified atom stereocenters. The Morgan fingerprint density at radius 2 is 2.00 bits per heavy atom. The molecular formula is C15H28N2O2. The van der Waals surface area contributed by atoms with E-state index < -0.39 is 0 Å². The average Bonchev–Trinajstić information content (AvgIpc) is 2.86. The van der Waals surface area contributed by atoms with Gasteiger partial charge in [-0.2, -0.15) is 0 Å². The van der Waals surface area contributed by atoms with Crippen molar-refractivity contribution in [1.82, 2.24) is 10.6 Å². The molecule has 1 saturated heterocycles. The Morgan fingerprint density at radius 3 is 2.58 bits per heavy atom. The minimum Gasteiger partial charge on any atom is -0.384 e. The summed E-state index contributed by atoms with van der Waals surface area (Å²) in [4.78, 5) is 12.4. The topological polar surface area (TPSA) is 50.4 Å². The Labute approximate surface area is 116 Å². The summed E-state index contributed by atoms with van der Waals surface area (Å²) in [6, 6.07) is 0. The summed E-state index contributed by atoms with van der Waals surface area (Å²) < 4.78 is 5.37. The maximum Gasteiger partial charge on any atom is 0.227 e. The van der Waals surface area contributed by atoms with E-state index in [0.717, 1.165) is 39.1 Å². The van der Waals surface area contributed by atoms with Crippen LogP contribution in [-0.4, -0.2) is 39.3 Å². The van der Waals surface area contributed by atoms with E-state index in [2.05, 4.69) is 17.6 Å². The Kier molecular flexibility index (Phi) is 4.85. The number of amides is 1. The quantitative estimate of drug-likeness (QED) is 0.798. The van der Waals surface area contributed by atoms with Crippen LogP contribution in [0, 0.1) is 10.8 Å². The van der Waals surface area contributed by atoms with E-state index in [9.17, 15) is 4.79 Å². The van der Waals surface area contributed by atoms with Gasteiger partial charge in [0.15, 0.2) is 0 Å². The molecular weight excluding hydrogens is 240 g/mol. The zero-order valence-corrected chi connectivity index (χ0v) is 12.4. The summed E-state index contributed by atoms with van der Waals surface area (Å²) >= 11 is 0. The number of piperidine rings is 1. The van der Waals surface area contributed by atoms with Gasteiger partial charge in [0.1, 0.15) is 0 Å². The molecule has 4 nitrogen and oxygen atoms in total. The second-order valence-electron chi connectivity index (χ2n) is 6.66. The molecule has 2 fully saturated rings. The zero-order chi connectivity index (χ0) is 13.8. The molecule has 110 valence electrons. The first-order chi connectivity index (χ1) is 9.10. The Bertz CT molecular complexity index is 305. The predicted octanol–water partition coefficient (Wildman–Crippen LogP) is 1.70. The monoisotopic (exact) mass is 268 g/mol. The molecule has 2 N–H and O–H groups in total. The van der Waals surface area contributed by atoms with Crippen molar-refractivity contribution in [2.24, 2.45) is 10.8 Å². The van der Waals surface area contributed by atoms with Crippen LogP contribution in [0.2, 0.25) is 0 Å². The average molecular weight is 268 g/mol. The SMILES string of the molecule is COCC1(CNC(=O)C2(C)CCCNC2)CCCC1. The maximum absolute atomic E-state index is 12.4. The number of hydrogen-bond acceptors (Lipinski definition) is 3. The minimum absolute atomic E-state index is 0.183. The summed E-state index contributed by atoms with van der Waals surface area (Å²) in [6.07, 6.45) is 6.96. The third-order valence-corrected chi connectivity index (χ3v) is 4.88. The van der Waals surface area contributed by atoms with Crippen LogP contribution < -0.4 is 10.6 Å². The lowest BCUT2D eigenvalue weighted by Gasteiger charge is -2.35. The normalized spacial score (nSPS) is 30.2. The lowest BCUT2D eigenvalue weighted by Crippen LogP contribution is -2.51. The van der Waals surface area contributed by atoms with Crippen molar-refractivity contribution < 1.29 is 9.53 Å². The molecule has 1 atom stereocenters. The van der Waals surface area contributed by atoms with Gasteiger partial charge in [-0.15, -0.1) is 0 Å². The fourth-order valence-corrected chi connectivity index (χ4v) is 3.53. The van der Waals surface area contributed by atoms with Crippen molar-refractivity contribution >= 4 is 5.91 Å². The van der Waals surface area contributed by atoms with Gasteiger partial charge in [-0.25, -0.2) is 0 Å². The highest BCUT2D eigenvalue weighted by Crippen LogP contribution is 2.38. The molecule has 4 heteroatoms. The largest absolute Gasteiger partial charge is 0.384 e. The van der Waals surface area contributed by atoms with Gasteiger partial charge >= 0.3 is 0 Å². The van der Waals surface area contributed by atoms with Crippen LogP contribution in [-0.2, 0) is 9.53 Å². The van der Waals surface area contributed by atoms with Gasteiger partial charge in [0.05, 0.1) is 12.0 Å². The van der Waals surface area contributed by atoms with Crippen molar-refractivity contribution in [3.05, 3.63) is 0 Å². The van der Waals surface area contributed by atoms with Crippen molar-refractivity contribution in [3.8, 4) is 0 Å². The number of hydrogen-bond donors (Lipinski definition) is 2. The first-order valence-electron chi connectivity index (χ1n) is 7.58. The second kappa shape index (κ2) is 6.23. The van der Waals surface area contributed by atoms with Gasteiger partial charge in [-0.3, -0.25) is 4.79 Å². The van der Waals surface area contributed by atoms with Crippen molar-refractivity contribution in [1.29, 1.82) is 0 Å². The summed E-state index contributed by atoms with van der Waals surface area (Å²) in [6.45, 7) is 5.45. The van der Waals surface area contributed by atoms with Gasteiger partial charge in [0.2, 0.25) is 5.91 Å². The molecule has 0 aromatic rings. The molecule has 0 aromatic carbocycles. The molecule has 0 bridgehead atoms. The highest BCUT2D eigenvalue weighted by molar-refractivity contribution is 5.82. The van der Waals surface area contributed by atoms with E-state index in [4.69, 9.17) is 4.74 Å². The second-order valence-corrected chi connectivity index (χ2v) is 6.66. The van der Waals surface area contributed by atoms with Gasteiger partial charge < -0.3 is 15.4 Å². The van der Waals surface area contributed by atoms with Crippen LogP contribution in [0.5, 0.6) is 0 Å².